The third-order valence-electron chi connectivity index (χ3n) is 3.83. The lowest BCUT2D eigenvalue weighted by Gasteiger charge is -2.10. The molecule has 5 nitrogen and oxygen atoms in total. The van der Waals surface area contributed by atoms with E-state index in [9.17, 15) is 13.2 Å². The van der Waals surface area contributed by atoms with Gasteiger partial charge in [0.05, 0.1) is 11.4 Å². The van der Waals surface area contributed by atoms with Gasteiger partial charge in [0.15, 0.2) is 0 Å². The molecule has 2 aromatic rings. The predicted molar refractivity (Wildman–Crippen MR) is 95.6 cm³/mol. The van der Waals surface area contributed by atoms with Crippen molar-refractivity contribution in [1.82, 2.24) is 4.72 Å². The van der Waals surface area contributed by atoms with Crippen molar-refractivity contribution < 1.29 is 13.2 Å². The molecule has 0 unspecified atom stereocenters. The number of anilines is 1. The smallest absolute Gasteiger partial charge is 0.241 e. The van der Waals surface area contributed by atoms with Crippen molar-refractivity contribution in [3.8, 4) is 0 Å². The van der Waals surface area contributed by atoms with Crippen LogP contribution >= 0.6 is 0 Å². The fourth-order valence-corrected chi connectivity index (χ4v) is 3.27. The van der Waals surface area contributed by atoms with Gasteiger partial charge in [-0.15, -0.1) is 0 Å². The fraction of sp³-hybridized carbons (Fsp3) is 0.278. The summed E-state index contributed by atoms with van der Waals surface area (Å²) in [6, 6.07) is 12.4. The summed E-state index contributed by atoms with van der Waals surface area (Å²) in [6.45, 7) is 5.48. The van der Waals surface area contributed by atoms with Gasteiger partial charge in [-0.1, -0.05) is 25.1 Å². The summed E-state index contributed by atoms with van der Waals surface area (Å²) in [4.78, 5) is 12.1. The Morgan fingerprint density at radius 3 is 2.46 bits per heavy atom. The van der Waals surface area contributed by atoms with Crippen LogP contribution in [0, 0.1) is 13.8 Å². The lowest BCUT2D eigenvalue weighted by molar-refractivity contribution is -0.115. The topological polar surface area (TPSA) is 75.3 Å². The summed E-state index contributed by atoms with van der Waals surface area (Å²) in [5.41, 5.74) is 3.66. The molecule has 24 heavy (non-hydrogen) atoms. The molecule has 0 bridgehead atoms. The second-order valence-electron chi connectivity index (χ2n) is 5.67. The lowest BCUT2D eigenvalue weighted by atomic mass is 10.1. The molecule has 2 aromatic carbocycles. The van der Waals surface area contributed by atoms with Crippen LogP contribution in [0.4, 0.5) is 5.69 Å². The summed E-state index contributed by atoms with van der Waals surface area (Å²) < 4.78 is 26.9. The predicted octanol–water partition coefficient (Wildman–Crippen LogP) is 2.78. The fourth-order valence-electron chi connectivity index (χ4n) is 2.20. The highest BCUT2D eigenvalue weighted by Crippen LogP contribution is 2.14. The minimum absolute atomic E-state index is 0.159. The molecule has 2 rings (SSSR count). The van der Waals surface area contributed by atoms with Crippen molar-refractivity contribution in [1.29, 1.82) is 0 Å². The van der Waals surface area contributed by atoms with Gasteiger partial charge < -0.3 is 5.32 Å². The van der Waals surface area contributed by atoms with Crippen LogP contribution in [0.25, 0.3) is 0 Å². The Bertz CT molecular complexity index is 845. The molecule has 0 saturated heterocycles. The van der Waals surface area contributed by atoms with E-state index >= 15 is 0 Å². The lowest BCUT2D eigenvalue weighted by Crippen LogP contribution is -2.33. The number of hydrogen-bond acceptors (Lipinski definition) is 3. The Kier molecular flexibility index (Phi) is 5.75. The quantitative estimate of drug-likeness (QED) is 0.844. The first kappa shape index (κ1) is 18.2. The number of carbonyl (C=O) groups is 1. The van der Waals surface area contributed by atoms with Gasteiger partial charge in [-0.25, -0.2) is 13.1 Å². The first-order chi connectivity index (χ1) is 11.3. The molecule has 0 saturated carbocycles. The molecule has 2 N–H and O–H groups in total. The Hall–Kier alpha value is -2.18. The van der Waals surface area contributed by atoms with Crippen molar-refractivity contribution in [2.45, 2.75) is 32.1 Å². The zero-order chi connectivity index (χ0) is 17.7. The molecule has 0 aliphatic heterocycles. The van der Waals surface area contributed by atoms with Gasteiger partial charge in [0.1, 0.15) is 0 Å². The van der Waals surface area contributed by atoms with E-state index in [-0.39, 0.29) is 11.4 Å². The highest BCUT2D eigenvalue weighted by Gasteiger charge is 2.16. The SMILES string of the molecule is CCc1cccc(NC(=O)CNS(=O)(=O)c2ccc(C)c(C)c2)c1. The molecule has 6 heteroatoms. The zero-order valence-electron chi connectivity index (χ0n) is 14.1. The van der Waals surface area contributed by atoms with Crippen LogP contribution in [0.2, 0.25) is 0 Å². The molecule has 1 amide bonds. The first-order valence-electron chi connectivity index (χ1n) is 7.77. The average Bonchev–Trinajstić information content (AvgIpc) is 2.55. The maximum atomic E-state index is 12.3. The van der Waals surface area contributed by atoms with E-state index in [4.69, 9.17) is 0 Å². The van der Waals surface area contributed by atoms with Crippen LogP contribution in [0.15, 0.2) is 47.4 Å². The van der Waals surface area contributed by atoms with E-state index in [2.05, 4.69) is 10.0 Å². The van der Waals surface area contributed by atoms with Gasteiger partial charge in [0.2, 0.25) is 15.9 Å². The van der Waals surface area contributed by atoms with E-state index in [1.807, 2.05) is 39.0 Å². The molecule has 0 spiro atoms. The van der Waals surface area contributed by atoms with E-state index < -0.39 is 15.9 Å². The Labute approximate surface area is 143 Å². The van der Waals surface area contributed by atoms with Crippen LogP contribution in [0.1, 0.15) is 23.6 Å². The third kappa shape index (κ3) is 4.66. The number of nitrogens with one attached hydrogen (secondary N) is 2. The van der Waals surface area contributed by atoms with Crippen LogP contribution in [0.5, 0.6) is 0 Å². The second-order valence-corrected chi connectivity index (χ2v) is 7.44. The number of amides is 1. The summed E-state index contributed by atoms with van der Waals surface area (Å²) in [6.07, 6.45) is 0.864. The van der Waals surface area contributed by atoms with Gasteiger partial charge in [-0.3, -0.25) is 4.79 Å². The molecule has 0 fully saturated rings. The summed E-state index contributed by atoms with van der Waals surface area (Å²) in [7, 11) is -3.71. The number of rotatable bonds is 6. The number of aryl methyl sites for hydroxylation is 3. The van der Waals surface area contributed by atoms with E-state index in [1.165, 1.54) is 6.07 Å². The molecule has 128 valence electrons. The third-order valence-corrected chi connectivity index (χ3v) is 5.23. The van der Waals surface area contributed by atoms with Gasteiger partial charge in [-0.2, -0.15) is 0 Å². The van der Waals surface area contributed by atoms with Gasteiger partial charge >= 0.3 is 0 Å². The van der Waals surface area contributed by atoms with E-state index in [0.717, 1.165) is 23.1 Å². The molecule has 0 aliphatic carbocycles. The number of carbonyl (C=O) groups excluding carboxylic acids is 1. The minimum atomic E-state index is -3.71. The van der Waals surface area contributed by atoms with Crippen molar-refractivity contribution >= 4 is 21.6 Å². The van der Waals surface area contributed by atoms with E-state index in [1.54, 1.807) is 18.2 Å². The monoisotopic (exact) mass is 346 g/mol. The highest BCUT2D eigenvalue weighted by molar-refractivity contribution is 7.89. The average molecular weight is 346 g/mol. The summed E-state index contributed by atoms with van der Waals surface area (Å²) in [5, 5.41) is 2.70. The standard InChI is InChI=1S/C18H22N2O3S/c1-4-15-6-5-7-16(11-15)20-18(21)12-19-24(22,23)17-9-8-13(2)14(3)10-17/h5-11,19H,4,12H2,1-3H3,(H,20,21). The van der Waals surface area contributed by atoms with Gasteiger partial charge in [0, 0.05) is 5.69 Å². The maximum absolute atomic E-state index is 12.3. The first-order valence-corrected chi connectivity index (χ1v) is 9.26. The molecular weight excluding hydrogens is 324 g/mol. The van der Waals surface area contributed by atoms with Crippen molar-refractivity contribution in [3.63, 3.8) is 0 Å². The van der Waals surface area contributed by atoms with Crippen molar-refractivity contribution in [2.24, 2.45) is 0 Å². The van der Waals surface area contributed by atoms with Crippen molar-refractivity contribution in [2.75, 3.05) is 11.9 Å². The summed E-state index contributed by atoms with van der Waals surface area (Å²) in [5.74, 6) is -0.407. The molecule has 0 atom stereocenters. The van der Waals surface area contributed by atoms with Gasteiger partial charge in [0.25, 0.3) is 0 Å². The number of hydrogen-bond donors (Lipinski definition) is 2. The van der Waals surface area contributed by atoms with E-state index in [0.29, 0.717) is 5.69 Å². The zero-order valence-corrected chi connectivity index (χ0v) is 14.9. The largest absolute Gasteiger partial charge is 0.325 e. The maximum Gasteiger partial charge on any atom is 0.241 e. The van der Waals surface area contributed by atoms with Crippen molar-refractivity contribution in [3.05, 3.63) is 59.2 Å². The molecule has 0 radical (unpaired) electrons. The normalized spacial score (nSPS) is 11.3. The summed E-state index contributed by atoms with van der Waals surface area (Å²) >= 11 is 0. The van der Waals surface area contributed by atoms with Crippen LogP contribution in [-0.2, 0) is 21.2 Å². The van der Waals surface area contributed by atoms with Gasteiger partial charge in [-0.05, 0) is 61.2 Å². The van der Waals surface area contributed by atoms with Crippen LogP contribution < -0.4 is 10.0 Å². The minimum Gasteiger partial charge on any atom is -0.325 e. The molecule has 0 aliphatic rings. The van der Waals surface area contributed by atoms with Crippen LogP contribution in [-0.4, -0.2) is 20.9 Å². The highest BCUT2D eigenvalue weighted by atomic mass is 32.2. The number of sulfonamides is 1. The Morgan fingerprint density at radius 2 is 1.79 bits per heavy atom. The van der Waals surface area contributed by atoms with Crippen LogP contribution in [0.3, 0.4) is 0 Å². The molecule has 0 heterocycles. The molecular formula is C18H22N2O3S. The molecule has 0 aromatic heterocycles. The Balaban J connectivity index is 2.00. The Morgan fingerprint density at radius 1 is 1.04 bits per heavy atom. The number of benzene rings is 2. The second kappa shape index (κ2) is 7.59.